The number of hydrogen-bond donors (Lipinski definition) is 2. The van der Waals surface area contributed by atoms with Gasteiger partial charge in [-0.1, -0.05) is 6.07 Å². The van der Waals surface area contributed by atoms with Gasteiger partial charge < -0.3 is 20.1 Å². The van der Waals surface area contributed by atoms with E-state index in [1.165, 1.54) is 0 Å². The minimum atomic E-state index is 0. The summed E-state index contributed by atoms with van der Waals surface area (Å²) < 4.78 is 10.8. The topological polar surface area (TPSA) is 54.9 Å². The fraction of sp³-hybridized carbons (Fsp3) is 0.462. The Labute approximate surface area is 131 Å². The van der Waals surface area contributed by atoms with Crippen LogP contribution in [0.2, 0.25) is 0 Å². The van der Waals surface area contributed by atoms with Gasteiger partial charge in [0.15, 0.2) is 17.5 Å². The normalized spacial score (nSPS) is 10.4. The third kappa shape index (κ3) is 5.54. The van der Waals surface area contributed by atoms with Gasteiger partial charge in [0.2, 0.25) is 0 Å². The van der Waals surface area contributed by atoms with Gasteiger partial charge in [-0.25, -0.2) is 0 Å². The van der Waals surface area contributed by atoms with Gasteiger partial charge in [0.25, 0.3) is 0 Å². The molecule has 0 fully saturated rings. The summed E-state index contributed by atoms with van der Waals surface area (Å²) in [5.41, 5.74) is 1.11. The molecule has 0 saturated carbocycles. The van der Waals surface area contributed by atoms with Crippen LogP contribution in [0.4, 0.5) is 0 Å². The number of benzene rings is 1. The number of methoxy groups -OCH3 is 1. The molecule has 1 rings (SSSR count). The molecule has 0 aliphatic rings. The largest absolute Gasteiger partial charge is 0.493 e. The van der Waals surface area contributed by atoms with Crippen LogP contribution < -0.4 is 20.1 Å². The molecule has 0 aromatic heterocycles. The van der Waals surface area contributed by atoms with E-state index >= 15 is 0 Å². The van der Waals surface area contributed by atoms with E-state index in [1.807, 2.05) is 32.2 Å². The van der Waals surface area contributed by atoms with E-state index in [0.29, 0.717) is 13.2 Å². The number of halogens is 1. The second kappa shape index (κ2) is 9.71. The Bertz CT molecular complexity index is 411. The van der Waals surface area contributed by atoms with Gasteiger partial charge in [0, 0.05) is 20.6 Å². The van der Waals surface area contributed by atoms with Crippen LogP contribution in [0.25, 0.3) is 0 Å². The molecule has 0 heterocycles. The van der Waals surface area contributed by atoms with Crippen molar-refractivity contribution in [3.05, 3.63) is 23.8 Å². The lowest BCUT2D eigenvalue weighted by atomic mass is 10.2. The molecular formula is C13H22IN3O2. The summed E-state index contributed by atoms with van der Waals surface area (Å²) in [6.07, 6.45) is 0. The van der Waals surface area contributed by atoms with Crippen molar-refractivity contribution in [1.82, 2.24) is 10.6 Å². The summed E-state index contributed by atoms with van der Waals surface area (Å²) in [6, 6.07) is 5.87. The van der Waals surface area contributed by atoms with Gasteiger partial charge >= 0.3 is 0 Å². The maximum Gasteiger partial charge on any atom is 0.190 e. The van der Waals surface area contributed by atoms with Gasteiger partial charge in [0.1, 0.15) is 0 Å². The minimum Gasteiger partial charge on any atom is -0.493 e. The van der Waals surface area contributed by atoms with Crippen LogP contribution in [0.3, 0.4) is 0 Å². The predicted octanol–water partition coefficient (Wildman–Crippen LogP) is 2.01. The molecular weight excluding hydrogens is 357 g/mol. The van der Waals surface area contributed by atoms with E-state index < -0.39 is 0 Å². The lowest BCUT2D eigenvalue weighted by Gasteiger charge is -2.12. The minimum absolute atomic E-state index is 0. The lowest BCUT2D eigenvalue weighted by molar-refractivity contribution is 0.310. The van der Waals surface area contributed by atoms with Crippen molar-refractivity contribution in [3.8, 4) is 11.5 Å². The number of aliphatic imine (C=N–C) groups is 1. The molecule has 0 amide bonds. The monoisotopic (exact) mass is 379 g/mol. The summed E-state index contributed by atoms with van der Waals surface area (Å²) in [5, 5.41) is 6.15. The summed E-state index contributed by atoms with van der Waals surface area (Å²) in [6.45, 7) is 3.25. The molecule has 0 aliphatic heterocycles. The molecule has 1 aromatic rings. The molecule has 0 atom stereocenters. The highest BCUT2D eigenvalue weighted by molar-refractivity contribution is 14.0. The quantitative estimate of drug-likeness (QED) is 0.467. The first kappa shape index (κ1) is 17.8. The highest BCUT2D eigenvalue weighted by Gasteiger charge is 2.05. The van der Waals surface area contributed by atoms with E-state index in [1.54, 1.807) is 14.2 Å². The van der Waals surface area contributed by atoms with Crippen molar-refractivity contribution in [3.63, 3.8) is 0 Å². The second-order valence-corrected chi connectivity index (χ2v) is 3.59. The maximum absolute atomic E-state index is 5.53. The average Bonchev–Trinajstić information content (AvgIpc) is 2.40. The number of ether oxygens (including phenoxy) is 2. The molecule has 0 bridgehead atoms. The summed E-state index contributed by atoms with van der Waals surface area (Å²) in [7, 11) is 5.20. The zero-order valence-corrected chi connectivity index (χ0v) is 14.1. The molecule has 6 heteroatoms. The predicted molar refractivity (Wildman–Crippen MR) is 88.8 cm³/mol. The standard InChI is InChI=1S/C13H21N3O2.HI/c1-5-18-12-8-10(6-7-11(12)17-4)9-16-13(14-2)15-3;/h6-8H,5,9H2,1-4H3,(H2,14,15,16);1H. The zero-order chi connectivity index (χ0) is 13.4. The SMILES string of the molecule is CCOc1cc(CNC(=NC)NC)ccc1OC.I. The highest BCUT2D eigenvalue weighted by atomic mass is 127. The molecule has 19 heavy (non-hydrogen) atoms. The van der Waals surface area contributed by atoms with E-state index in [0.717, 1.165) is 23.0 Å². The van der Waals surface area contributed by atoms with Gasteiger partial charge in [-0.05, 0) is 24.6 Å². The first-order chi connectivity index (χ1) is 8.74. The van der Waals surface area contributed by atoms with Crippen molar-refractivity contribution in [2.24, 2.45) is 4.99 Å². The Hall–Kier alpha value is -1.18. The maximum atomic E-state index is 5.53. The Kier molecular flexibility index (Phi) is 9.11. The van der Waals surface area contributed by atoms with Crippen molar-refractivity contribution >= 4 is 29.9 Å². The molecule has 0 radical (unpaired) electrons. The lowest BCUT2D eigenvalue weighted by Crippen LogP contribution is -2.34. The van der Waals surface area contributed by atoms with E-state index in [2.05, 4.69) is 15.6 Å². The number of nitrogens with zero attached hydrogens (tertiary/aromatic N) is 1. The molecule has 2 N–H and O–H groups in total. The third-order valence-electron chi connectivity index (χ3n) is 2.45. The van der Waals surface area contributed by atoms with Crippen molar-refractivity contribution < 1.29 is 9.47 Å². The fourth-order valence-corrected chi connectivity index (χ4v) is 1.56. The molecule has 0 spiro atoms. The second-order valence-electron chi connectivity index (χ2n) is 3.59. The van der Waals surface area contributed by atoms with E-state index in [-0.39, 0.29) is 24.0 Å². The van der Waals surface area contributed by atoms with Crippen LogP contribution in [0, 0.1) is 0 Å². The van der Waals surface area contributed by atoms with Crippen LogP contribution >= 0.6 is 24.0 Å². The van der Waals surface area contributed by atoms with Crippen LogP contribution in [-0.4, -0.2) is 33.8 Å². The molecule has 108 valence electrons. The summed E-state index contributed by atoms with van der Waals surface area (Å²) >= 11 is 0. The fourth-order valence-electron chi connectivity index (χ4n) is 1.56. The molecule has 5 nitrogen and oxygen atoms in total. The first-order valence-electron chi connectivity index (χ1n) is 5.93. The Morgan fingerprint density at radius 2 is 2.05 bits per heavy atom. The van der Waals surface area contributed by atoms with Crippen LogP contribution in [0.15, 0.2) is 23.2 Å². The van der Waals surface area contributed by atoms with E-state index in [4.69, 9.17) is 9.47 Å². The van der Waals surface area contributed by atoms with E-state index in [9.17, 15) is 0 Å². The molecule has 0 aliphatic carbocycles. The summed E-state index contributed by atoms with van der Waals surface area (Å²) in [4.78, 5) is 4.05. The number of rotatable bonds is 5. The number of hydrogen-bond acceptors (Lipinski definition) is 3. The molecule has 0 saturated heterocycles. The van der Waals surface area contributed by atoms with Gasteiger partial charge in [-0.3, -0.25) is 4.99 Å². The number of nitrogens with one attached hydrogen (secondary N) is 2. The molecule has 0 unspecified atom stereocenters. The van der Waals surface area contributed by atoms with Crippen LogP contribution in [-0.2, 0) is 6.54 Å². The van der Waals surface area contributed by atoms with Gasteiger partial charge in [-0.2, -0.15) is 0 Å². The zero-order valence-electron chi connectivity index (χ0n) is 11.8. The Balaban J connectivity index is 0.00000324. The molecule has 1 aromatic carbocycles. The van der Waals surface area contributed by atoms with Gasteiger partial charge in [0.05, 0.1) is 13.7 Å². The van der Waals surface area contributed by atoms with Gasteiger partial charge in [-0.15, -0.1) is 24.0 Å². The Morgan fingerprint density at radius 1 is 1.32 bits per heavy atom. The summed E-state index contributed by atoms with van der Waals surface area (Å²) in [5.74, 6) is 2.26. The van der Waals surface area contributed by atoms with Crippen LogP contribution in [0.1, 0.15) is 12.5 Å². The smallest absolute Gasteiger partial charge is 0.190 e. The van der Waals surface area contributed by atoms with Crippen molar-refractivity contribution in [2.75, 3.05) is 27.8 Å². The average molecular weight is 379 g/mol. The first-order valence-corrected chi connectivity index (χ1v) is 5.93. The van der Waals surface area contributed by atoms with Crippen molar-refractivity contribution in [2.45, 2.75) is 13.5 Å². The Morgan fingerprint density at radius 3 is 2.58 bits per heavy atom. The highest BCUT2D eigenvalue weighted by Crippen LogP contribution is 2.27. The van der Waals surface area contributed by atoms with Crippen LogP contribution in [0.5, 0.6) is 11.5 Å². The third-order valence-corrected chi connectivity index (χ3v) is 2.45. The van der Waals surface area contributed by atoms with Crippen molar-refractivity contribution in [1.29, 1.82) is 0 Å². The number of guanidine groups is 1.